The van der Waals surface area contributed by atoms with Gasteiger partial charge < -0.3 is 26.3 Å². The number of ether oxygens (including phenoxy) is 1. The van der Waals surface area contributed by atoms with Crippen LogP contribution in [0.4, 0.5) is 11.6 Å². The zero-order valence-corrected chi connectivity index (χ0v) is 17.6. The Morgan fingerprint density at radius 3 is 2.60 bits per heavy atom. The summed E-state index contributed by atoms with van der Waals surface area (Å²) >= 11 is 0. The molecule has 8 heteroatoms. The Kier molecular flexibility index (Phi) is 7.98. The van der Waals surface area contributed by atoms with Crippen LogP contribution in [0.3, 0.4) is 0 Å². The number of nitrogens with zero attached hydrogens (tertiary/aromatic N) is 3. The zero-order chi connectivity index (χ0) is 21.3. The first kappa shape index (κ1) is 22.0. The summed E-state index contributed by atoms with van der Waals surface area (Å²) in [5.74, 6) is 0.613. The van der Waals surface area contributed by atoms with Crippen LogP contribution in [0.15, 0.2) is 24.3 Å². The van der Waals surface area contributed by atoms with Crippen molar-refractivity contribution in [2.45, 2.75) is 51.8 Å². The zero-order valence-electron chi connectivity index (χ0n) is 17.6. The van der Waals surface area contributed by atoms with E-state index in [9.17, 15) is 5.11 Å². The van der Waals surface area contributed by atoms with Gasteiger partial charge in [-0.3, -0.25) is 4.90 Å². The number of likely N-dealkylation sites (tertiary alicyclic amines) is 1. The molecule has 0 aliphatic carbocycles. The summed E-state index contributed by atoms with van der Waals surface area (Å²) in [6.45, 7) is 6.01. The number of hydrogen-bond acceptors (Lipinski definition) is 8. The van der Waals surface area contributed by atoms with Gasteiger partial charge in [0.25, 0.3) is 0 Å². The molecular weight excluding hydrogens is 380 g/mol. The maximum Gasteiger partial charge on any atom is 0.320 e. The summed E-state index contributed by atoms with van der Waals surface area (Å²) in [4.78, 5) is 10.9. The minimum Gasteiger partial charge on any atom is -0.461 e. The molecule has 0 radical (unpaired) electrons. The number of nitrogens with two attached hydrogens (primary N) is 1. The van der Waals surface area contributed by atoms with Crippen molar-refractivity contribution >= 4 is 17.9 Å². The van der Waals surface area contributed by atoms with Crippen molar-refractivity contribution in [1.29, 1.82) is 5.41 Å². The molecular formula is C22H32N6O2. The number of hydrogen-bond donors (Lipinski definition) is 4. The standard InChI is InChI=1S/C22H32N6O2/c1-2-5-18(29)15-30-22-26-20(24)19(12-23)21(27-22)25-13-16-6-8-17(9-7-16)14-28-10-3-4-11-28/h6-9,12,18,23,29H,2-5,10-11,13-15H2,1H3,(H3,24,25,26,27). The van der Waals surface area contributed by atoms with Crippen LogP contribution in [0.2, 0.25) is 0 Å². The Bertz CT molecular complexity index is 821. The van der Waals surface area contributed by atoms with Gasteiger partial charge in [-0.2, -0.15) is 9.97 Å². The highest BCUT2D eigenvalue weighted by atomic mass is 16.5. The fourth-order valence-electron chi connectivity index (χ4n) is 3.54. The van der Waals surface area contributed by atoms with E-state index in [4.69, 9.17) is 15.9 Å². The Morgan fingerprint density at radius 2 is 1.93 bits per heavy atom. The van der Waals surface area contributed by atoms with Crippen LogP contribution in [-0.4, -0.2) is 52.0 Å². The van der Waals surface area contributed by atoms with Crippen LogP contribution >= 0.6 is 0 Å². The van der Waals surface area contributed by atoms with E-state index in [1.54, 1.807) is 0 Å². The maximum absolute atomic E-state index is 9.85. The summed E-state index contributed by atoms with van der Waals surface area (Å²) in [6.07, 6.45) is 4.66. The highest BCUT2D eigenvalue weighted by Gasteiger charge is 2.14. The minimum atomic E-state index is -0.572. The molecule has 0 bridgehead atoms. The van der Waals surface area contributed by atoms with E-state index in [-0.39, 0.29) is 18.4 Å². The highest BCUT2D eigenvalue weighted by molar-refractivity contribution is 5.90. The molecule has 1 unspecified atom stereocenters. The molecule has 2 aromatic rings. The molecule has 1 aliphatic heterocycles. The van der Waals surface area contributed by atoms with Crippen LogP contribution in [0.25, 0.3) is 0 Å². The van der Waals surface area contributed by atoms with E-state index in [1.165, 1.54) is 31.5 Å². The first-order chi connectivity index (χ1) is 14.6. The largest absolute Gasteiger partial charge is 0.461 e. The second-order valence-corrected chi connectivity index (χ2v) is 7.70. The van der Waals surface area contributed by atoms with Gasteiger partial charge >= 0.3 is 6.01 Å². The number of aliphatic hydroxyl groups is 1. The number of nitrogen functional groups attached to an aromatic ring is 1. The second-order valence-electron chi connectivity index (χ2n) is 7.70. The van der Waals surface area contributed by atoms with Gasteiger partial charge in [-0.1, -0.05) is 37.6 Å². The van der Waals surface area contributed by atoms with Crippen LogP contribution in [0.1, 0.15) is 49.3 Å². The van der Waals surface area contributed by atoms with Crippen molar-refractivity contribution < 1.29 is 9.84 Å². The predicted molar refractivity (Wildman–Crippen MR) is 119 cm³/mol. The Hall–Kier alpha value is -2.71. The third-order valence-electron chi connectivity index (χ3n) is 5.21. The van der Waals surface area contributed by atoms with Crippen LogP contribution in [0.5, 0.6) is 6.01 Å². The minimum absolute atomic E-state index is 0.0942. The summed E-state index contributed by atoms with van der Waals surface area (Å²) in [5, 5.41) is 20.7. The third kappa shape index (κ3) is 6.14. The molecule has 162 valence electrons. The number of aromatic nitrogens is 2. The van der Waals surface area contributed by atoms with Crippen molar-refractivity contribution in [2.75, 3.05) is 30.7 Å². The number of anilines is 2. The molecule has 1 atom stereocenters. The van der Waals surface area contributed by atoms with E-state index in [0.717, 1.165) is 24.7 Å². The lowest BCUT2D eigenvalue weighted by molar-refractivity contribution is 0.0944. The fraction of sp³-hybridized carbons (Fsp3) is 0.500. The summed E-state index contributed by atoms with van der Waals surface area (Å²) in [7, 11) is 0. The number of rotatable bonds is 11. The van der Waals surface area contributed by atoms with E-state index in [2.05, 4.69) is 44.5 Å². The normalized spacial score (nSPS) is 15.1. The van der Waals surface area contributed by atoms with Crippen molar-refractivity contribution in [1.82, 2.24) is 14.9 Å². The predicted octanol–water partition coefficient (Wildman–Crippen LogP) is 2.80. The fourth-order valence-corrected chi connectivity index (χ4v) is 3.54. The van der Waals surface area contributed by atoms with E-state index >= 15 is 0 Å². The lowest BCUT2D eigenvalue weighted by atomic mass is 10.1. The van der Waals surface area contributed by atoms with Gasteiger partial charge in [0, 0.05) is 19.3 Å². The average Bonchev–Trinajstić information content (AvgIpc) is 3.25. The van der Waals surface area contributed by atoms with Gasteiger partial charge in [0.2, 0.25) is 0 Å². The molecule has 5 N–H and O–H groups in total. The molecule has 0 saturated carbocycles. The molecule has 1 aromatic carbocycles. The van der Waals surface area contributed by atoms with Crippen LogP contribution in [0, 0.1) is 5.41 Å². The van der Waals surface area contributed by atoms with Gasteiger partial charge in [0.05, 0.1) is 11.7 Å². The summed E-state index contributed by atoms with van der Waals surface area (Å²) in [5.41, 5.74) is 8.81. The molecule has 1 saturated heterocycles. The highest BCUT2D eigenvalue weighted by Crippen LogP contribution is 2.21. The Morgan fingerprint density at radius 1 is 1.23 bits per heavy atom. The lowest BCUT2D eigenvalue weighted by Gasteiger charge is -2.15. The Labute approximate surface area is 178 Å². The SMILES string of the molecule is CCCC(O)COc1nc(N)c(C=N)c(NCc2ccc(CN3CCCC3)cc2)n1. The maximum atomic E-state index is 9.85. The monoisotopic (exact) mass is 412 g/mol. The van der Waals surface area contributed by atoms with E-state index < -0.39 is 6.10 Å². The molecule has 3 rings (SSSR count). The molecule has 8 nitrogen and oxygen atoms in total. The first-order valence-electron chi connectivity index (χ1n) is 10.6. The molecule has 30 heavy (non-hydrogen) atoms. The Balaban J connectivity index is 1.62. The first-order valence-corrected chi connectivity index (χ1v) is 10.6. The molecule has 0 spiro atoms. The number of aliphatic hydroxyl groups excluding tert-OH is 1. The van der Waals surface area contributed by atoms with Gasteiger partial charge in [-0.15, -0.1) is 0 Å². The van der Waals surface area contributed by atoms with Crippen LogP contribution in [-0.2, 0) is 13.1 Å². The average molecular weight is 413 g/mol. The second kappa shape index (κ2) is 10.9. The van der Waals surface area contributed by atoms with Gasteiger partial charge in [-0.25, -0.2) is 0 Å². The number of benzene rings is 1. The van der Waals surface area contributed by atoms with Gasteiger partial charge in [0.15, 0.2) is 0 Å². The molecule has 2 heterocycles. The summed E-state index contributed by atoms with van der Waals surface area (Å²) < 4.78 is 5.50. The molecule has 0 amide bonds. The van der Waals surface area contributed by atoms with Crippen molar-refractivity contribution in [3.8, 4) is 6.01 Å². The third-order valence-corrected chi connectivity index (χ3v) is 5.21. The van der Waals surface area contributed by atoms with Gasteiger partial charge in [-0.05, 0) is 43.5 Å². The molecule has 1 aliphatic rings. The van der Waals surface area contributed by atoms with Gasteiger partial charge in [0.1, 0.15) is 18.2 Å². The smallest absolute Gasteiger partial charge is 0.320 e. The van der Waals surface area contributed by atoms with Crippen molar-refractivity contribution in [3.63, 3.8) is 0 Å². The van der Waals surface area contributed by atoms with Crippen molar-refractivity contribution in [3.05, 3.63) is 41.0 Å². The lowest BCUT2D eigenvalue weighted by Crippen LogP contribution is -2.19. The summed E-state index contributed by atoms with van der Waals surface area (Å²) in [6, 6.07) is 8.61. The van der Waals surface area contributed by atoms with E-state index in [0.29, 0.717) is 24.3 Å². The molecule has 1 fully saturated rings. The van der Waals surface area contributed by atoms with Crippen LogP contribution < -0.4 is 15.8 Å². The number of nitrogens with one attached hydrogen (secondary N) is 2. The topological polar surface area (TPSA) is 120 Å². The molecule has 1 aromatic heterocycles. The van der Waals surface area contributed by atoms with E-state index in [1.807, 2.05) is 6.92 Å². The quantitative estimate of drug-likeness (QED) is 0.419. The van der Waals surface area contributed by atoms with Crippen molar-refractivity contribution in [2.24, 2.45) is 0 Å².